The highest BCUT2D eigenvalue weighted by molar-refractivity contribution is 7.80. The first-order valence-electron chi connectivity index (χ1n) is 8.79. The molecule has 0 amide bonds. The summed E-state index contributed by atoms with van der Waals surface area (Å²) in [4.78, 5) is 13.4. The highest BCUT2D eigenvalue weighted by atomic mass is 32.1. The van der Waals surface area contributed by atoms with Crippen molar-refractivity contribution < 1.29 is 9.47 Å². The Morgan fingerprint density at radius 3 is 3.08 bits per heavy atom. The molecule has 1 aromatic carbocycles. The standard InChI is InChI=1S/C18H21N5O2S/c1-2-24-13-7-5-6-12(10-13)20-16-15-17(22-18(26)21-16)23(11-19-15)14-8-3-4-9-25-14/h5-7,10-11,14H,2-4,8-9H2,1H3,(H2,20,21,22,26). The maximum atomic E-state index is 5.87. The average Bonchev–Trinajstić information content (AvgIpc) is 3.07. The lowest BCUT2D eigenvalue weighted by molar-refractivity contribution is -0.0298. The predicted molar refractivity (Wildman–Crippen MR) is 102 cm³/mol. The molecule has 0 spiro atoms. The van der Waals surface area contributed by atoms with Crippen molar-refractivity contribution >= 4 is 35.3 Å². The second-order valence-electron chi connectivity index (χ2n) is 6.10. The van der Waals surface area contributed by atoms with Gasteiger partial charge in [-0.2, -0.15) is 0 Å². The molecule has 0 radical (unpaired) electrons. The van der Waals surface area contributed by atoms with Gasteiger partial charge >= 0.3 is 0 Å². The van der Waals surface area contributed by atoms with Crippen molar-refractivity contribution in [1.82, 2.24) is 19.5 Å². The smallest absolute Gasteiger partial charge is 0.188 e. The van der Waals surface area contributed by atoms with Crippen LogP contribution in [0.1, 0.15) is 32.4 Å². The van der Waals surface area contributed by atoms with Crippen LogP contribution in [0, 0.1) is 0 Å². The van der Waals surface area contributed by atoms with Crippen LogP contribution >= 0.6 is 12.6 Å². The van der Waals surface area contributed by atoms with Gasteiger partial charge < -0.3 is 14.8 Å². The molecule has 8 heteroatoms. The molecule has 1 aliphatic rings. The van der Waals surface area contributed by atoms with Gasteiger partial charge in [-0.15, -0.1) is 12.6 Å². The Morgan fingerprint density at radius 2 is 2.27 bits per heavy atom. The van der Waals surface area contributed by atoms with E-state index in [2.05, 4.69) is 32.9 Å². The molecule has 136 valence electrons. The number of ether oxygens (including phenoxy) is 2. The van der Waals surface area contributed by atoms with E-state index in [0.717, 1.165) is 43.0 Å². The second kappa shape index (κ2) is 7.51. The first kappa shape index (κ1) is 17.1. The van der Waals surface area contributed by atoms with E-state index >= 15 is 0 Å². The van der Waals surface area contributed by atoms with Crippen LogP contribution in [-0.4, -0.2) is 32.7 Å². The van der Waals surface area contributed by atoms with Crippen molar-refractivity contribution in [1.29, 1.82) is 0 Å². The van der Waals surface area contributed by atoms with Gasteiger partial charge in [0, 0.05) is 18.4 Å². The SMILES string of the molecule is CCOc1cccc(Nc2nc(S)nc3c2ncn3C2CCCCO2)c1. The molecule has 1 saturated heterocycles. The Kier molecular flexibility index (Phi) is 4.94. The zero-order valence-corrected chi connectivity index (χ0v) is 15.4. The number of aromatic nitrogens is 4. The normalized spacial score (nSPS) is 17.4. The summed E-state index contributed by atoms with van der Waals surface area (Å²) in [6.45, 7) is 3.34. The summed E-state index contributed by atoms with van der Waals surface area (Å²) in [5.74, 6) is 1.42. The van der Waals surface area contributed by atoms with Crippen LogP contribution in [0.25, 0.3) is 11.2 Å². The summed E-state index contributed by atoms with van der Waals surface area (Å²) in [6, 6.07) is 7.73. The maximum absolute atomic E-state index is 5.87. The molecule has 1 fully saturated rings. The Bertz CT molecular complexity index is 908. The van der Waals surface area contributed by atoms with Gasteiger partial charge in [-0.1, -0.05) is 6.07 Å². The number of hydrogen-bond donors (Lipinski definition) is 2. The molecule has 0 aliphatic carbocycles. The van der Waals surface area contributed by atoms with Gasteiger partial charge in [-0.3, -0.25) is 4.57 Å². The number of rotatable bonds is 5. The highest BCUT2D eigenvalue weighted by Gasteiger charge is 2.21. The number of imidazole rings is 1. The molecule has 1 aliphatic heterocycles. The lowest BCUT2D eigenvalue weighted by atomic mass is 10.2. The van der Waals surface area contributed by atoms with Crippen LogP contribution in [0.15, 0.2) is 35.7 Å². The van der Waals surface area contributed by atoms with Gasteiger partial charge in [-0.05, 0) is 38.3 Å². The lowest BCUT2D eigenvalue weighted by Gasteiger charge is -2.23. The molecule has 1 atom stereocenters. The molecular formula is C18H21N5O2S. The summed E-state index contributed by atoms with van der Waals surface area (Å²) in [7, 11) is 0. The fraction of sp³-hybridized carbons (Fsp3) is 0.389. The predicted octanol–water partition coefficient (Wildman–Crippen LogP) is 3.96. The quantitative estimate of drug-likeness (QED) is 0.522. The van der Waals surface area contributed by atoms with Crippen molar-refractivity contribution in [2.75, 3.05) is 18.5 Å². The largest absolute Gasteiger partial charge is 0.494 e. The molecule has 1 N–H and O–H groups in total. The maximum Gasteiger partial charge on any atom is 0.188 e. The van der Waals surface area contributed by atoms with E-state index in [1.165, 1.54) is 0 Å². The van der Waals surface area contributed by atoms with E-state index in [-0.39, 0.29) is 6.23 Å². The van der Waals surface area contributed by atoms with Crippen LogP contribution in [0.4, 0.5) is 11.5 Å². The Morgan fingerprint density at radius 1 is 1.35 bits per heavy atom. The van der Waals surface area contributed by atoms with E-state index < -0.39 is 0 Å². The molecule has 7 nitrogen and oxygen atoms in total. The number of anilines is 2. The van der Waals surface area contributed by atoms with E-state index in [0.29, 0.717) is 23.1 Å². The van der Waals surface area contributed by atoms with Gasteiger partial charge in [0.2, 0.25) is 0 Å². The molecular weight excluding hydrogens is 350 g/mol. The fourth-order valence-electron chi connectivity index (χ4n) is 3.11. The van der Waals surface area contributed by atoms with Gasteiger partial charge in [-0.25, -0.2) is 15.0 Å². The molecule has 0 bridgehead atoms. The molecule has 3 heterocycles. The van der Waals surface area contributed by atoms with Crippen LogP contribution in [0.3, 0.4) is 0 Å². The fourth-order valence-corrected chi connectivity index (χ4v) is 3.31. The minimum atomic E-state index is -0.0366. The lowest BCUT2D eigenvalue weighted by Crippen LogP contribution is -2.17. The zero-order valence-electron chi connectivity index (χ0n) is 14.6. The van der Waals surface area contributed by atoms with Crippen molar-refractivity contribution in [3.8, 4) is 5.75 Å². The Labute approximate surface area is 157 Å². The molecule has 1 unspecified atom stereocenters. The van der Waals surface area contributed by atoms with Crippen molar-refractivity contribution in [2.45, 2.75) is 37.6 Å². The molecule has 4 rings (SSSR count). The number of benzene rings is 1. The third-order valence-corrected chi connectivity index (χ3v) is 4.48. The van der Waals surface area contributed by atoms with Crippen molar-refractivity contribution in [3.05, 3.63) is 30.6 Å². The minimum Gasteiger partial charge on any atom is -0.494 e. The van der Waals surface area contributed by atoms with E-state index in [9.17, 15) is 0 Å². The number of fused-ring (bicyclic) bond motifs is 1. The third-order valence-electron chi connectivity index (χ3n) is 4.28. The zero-order chi connectivity index (χ0) is 17.9. The minimum absolute atomic E-state index is 0.0366. The van der Waals surface area contributed by atoms with Crippen molar-refractivity contribution in [2.24, 2.45) is 0 Å². The first-order chi connectivity index (χ1) is 12.7. The monoisotopic (exact) mass is 371 g/mol. The Hall–Kier alpha value is -2.32. The number of hydrogen-bond acceptors (Lipinski definition) is 7. The van der Waals surface area contributed by atoms with Gasteiger partial charge in [0.1, 0.15) is 12.0 Å². The molecule has 2 aromatic heterocycles. The summed E-state index contributed by atoms with van der Waals surface area (Å²) in [6.07, 6.45) is 4.92. The van der Waals surface area contributed by atoms with Crippen LogP contribution in [0.5, 0.6) is 5.75 Å². The average molecular weight is 371 g/mol. The van der Waals surface area contributed by atoms with Gasteiger partial charge in [0.05, 0.1) is 12.9 Å². The first-order valence-corrected chi connectivity index (χ1v) is 9.24. The van der Waals surface area contributed by atoms with Gasteiger partial charge in [0.25, 0.3) is 0 Å². The second-order valence-corrected chi connectivity index (χ2v) is 6.50. The van der Waals surface area contributed by atoms with Crippen molar-refractivity contribution in [3.63, 3.8) is 0 Å². The molecule has 0 saturated carbocycles. The number of thiol groups is 1. The van der Waals surface area contributed by atoms with E-state index in [1.54, 1.807) is 6.33 Å². The molecule has 3 aromatic rings. The summed E-state index contributed by atoms with van der Waals surface area (Å²) < 4.78 is 13.4. The van der Waals surface area contributed by atoms with Gasteiger partial charge in [0.15, 0.2) is 22.1 Å². The summed E-state index contributed by atoms with van der Waals surface area (Å²) in [5, 5.41) is 3.69. The third kappa shape index (κ3) is 3.47. The number of nitrogens with one attached hydrogen (secondary N) is 1. The highest BCUT2D eigenvalue weighted by Crippen LogP contribution is 2.30. The van der Waals surface area contributed by atoms with Crippen LogP contribution < -0.4 is 10.1 Å². The summed E-state index contributed by atoms with van der Waals surface area (Å²) >= 11 is 4.37. The Balaban J connectivity index is 1.69. The summed E-state index contributed by atoms with van der Waals surface area (Å²) in [5.41, 5.74) is 2.28. The number of nitrogens with zero attached hydrogens (tertiary/aromatic N) is 4. The van der Waals surface area contributed by atoms with E-state index in [1.807, 2.05) is 35.8 Å². The van der Waals surface area contributed by atoms with Crippen LogP contribution in [-0.2, 0) is 4.74 Å². The molecule has 26 heavy (non-hydrogen) atoms. The van der Waals surface area contributed by atoms with Crippen LogP contribution in [0.2, 0.25) is 0 Å². The van der Waals surface area contributed by atoms with E-state index in [4.69, 9.17) is 9.47 Å². The topological polar surface area (TPSA) is 74.1 Å².